The third kappa shape index (κ3) is 4.16. The van der Waals surface area contributed by atoms with Crippen LogP contribution in [0.2, 0.25) is 0 Å². The first kappa shape index (κ1) is 14.3. The lowest BCUT2D eigenvalue weighted by Crippen LogP contribution is -2.33. The van der Waals surface area contributed by atoms with E-state index in [9.17, 15) is 4.79 Å². The van der Waals surface area contributed by atoms with Gasteiger partial charge in [-0.05, 0) is 42.5 Å². The van der Waals surface area contributed by atoms with E-state index in [1.165, 1.54) is 0 Å². The Bertz CT molecular complexity index is 376. The molecule has 0 radical (unpaired) electrons. The number of rotatable bonds is 6. The van der Waals surface area contributed by atoms with Crippen LogP contribution < -0.4 is 5.32 Å². The van der Waals surface area contributed by atoms with Crippen LogP contribution in [-0.2, 0) is 6.54 Å². The van der Waals surface area contributed by atoms with Gasteiger partial charge in [0.15, 0.2) is 0 Å². The SMILES string of the molecule is CCN(C)CCNC(=O)c1cc(Br)cn1CC. The average molecular weight is 302 g/mol. The summed E-state index contributed by atoms with van der Waals surface area (Å²) >= 11 is 3.39. The van der Waals surface area contributed by atoms with Crippen LogP contribution in [0.3, 0.4) is 0 Å². The predicted octanol–water partition coefficient (Wildman–Crippen LogP) is 1.95. The minimum atomic E-state index is -0.0120. The highest BCUT2D eigenvalue weighted by Crippen LogP contribution is 2.14. The summed E-state index contributed by atoms with van der Waals surface area (Å²) in [6.07, 6.45) is 1.92. The molecule has 17 heavy (non-hydrogen) atoms. The Balaban J connectivity index is 2.52. The number of amides is 1. The first-order chi connectivity index (χ1) is 8.08. The number of aryl methyl sites for hydroxylation is 1. The van der Waals surface area contributed by atoms with Gasteiger partial charge in [-0.15, -0.1) is 0 Å². The monoisotopic (exact) mass is 301 g/mol. The molecule has 1 rings (SSSR count). The third-order valence-electron chi connectivity index (χ3n) is 2.76. The quantitative estimate of drug-likeness (QED) is 0.872. The number of carbonyl (C=O) groups is 1. The van der Waals surface area contributed by atoms with E-state index < -0.39 is 0 Å². The number of likely N-dealkylation sites (N-methyl/N-ethyl adjacent to an activating group) is 1. The summed E-state index contributed by atoms with van der Waals surface area (Å²) in [7, 11) is 2.04. The molecule has 0 fully saturated rings. The van der Waals surface area contributed by atoms with Crippen LogP contribution in [0.15, 0.2) is 16.7 Å². The molecule has 1 heterocycles. The summed E-state index contributed by atoms with van der Waals surface area (Å²) in [6.45, 7) is 7.46. The standard InChI is InChI=1S/C12H20BrN3O/c1-4-15(3)7-6-14-12(17)11-8-10(13)9-16(11)5-2/h8-9H,4-7H2,1-3H3,(H,14,17). The van der Waals surface area contributed by atoms with Crippen molar-refractivity contribution in [2.75, 3.05) is 26.7 Å². The molecule has 1 aromatic heterocycles. The summed E-state index contributed by atoms with van der Waals surface area (Å²) < 4.78 is 2.87. The molecule has 0 saturated carbocycles. The molecule has 0 unspecified atom stereocenters. The second kappa shape index (κ2) is 6.81. The van der Waals surface area contributed by atoms with Gasteiger partial charge in [0.05, 0.1) is 0 Å². The maximum absolute atomic E-state index is 11.9. The van der Waals surface area contributed by atoms with Gasteiger partial charge in [0, 0.05) is 30.3 Å². The molecule has 0 saturated heterocycles. The summed E-state index contributed by atoms with van der Waals surface area (Å²) in [4.78, 5) is 14.1. The Kier molecular flexibility index (Phi) is 5.71. The van der Waals surface area contributed by atoms with Crippen molar-refractivity contribution in [1.82, 2.24) is 14.8 Å². The molecule has 4 nitrogen and oxygen atoms in total. The lowest BCUT2D eigenvalue weighted by molar-refractivity contribution is 0.0941. The van der Waals surface area contributed by atoms with Gasteiger partial charge in [-0.3, -0.25) is 4.79 Å². The van der Waals surface area contributed by atoms with Gasteiger partial charge in [0.1, 0.15) is 5.69 Å². The van der Waals surface area contributed by atoms with E-state index in [1.54, 1.807) is 0 Å². The summed E-state index contributed by atoms with van der Waals surface area (Å²) in [6, 6.07) is 1.85. The van der Waals surface area contributed by atoms with Crippen molar-refractivity contribution < 1.29 is 4.79 Å². The molecular formula is C12H20BrN3O. The normalized spacial score (nSPS) is 10.9. The molecule has 0 atom stereocenters. The number of aromatic nitrogens is 1. The fourth-order valence-corrected chi connectivity index (χ4v) is 2.00. The smallest absolute Gasteiger partial charge is 0.267 e. The van der Waals surface area contributed by atoms with Gasteiger partial charge < -0.3 is 14.8 Å². The number of halogens is 1. The second-order valence-electron chi connectivity index (χ2n) is 3.98. The molecule has 0 aromatic carbocycles. The second-order valence-corrected chi connectivity index (χ2v) is 4.90. The number of hydrogen-bond acceptors (Lipinski definition) is 2. The van der Waals surface area contributed by atoms with E-state index in [2.05, 4.69) is 33.1 Å². The van der Waals surface area contributed by atoms with Crippen molar-refractivity contribution in [3.8, 4) is 0 Å². The van der Waals surface area contributed by atoms with Gasteiger partial charge in [-0.1, -0.05) is 6.92 Å². The Morgan fingerprint density at radius 3 is 2.82 bits per heavy atom. The Labute approximate surface area is 111 Å². The van der Waals surface area contributed by atoms with Gasteiger partial charge >= 0.3 is 0 Å². The maximum atomic E-state index is 11.9. The zero-order valence-corrected chi connectivity index (χ0v) is 12.2. The molecule has 5 heteroatoms. The lowest BCUT2D eigenvalue weighted by atomic mass is 10.4. The van der Waals surface area contributed by atoms with Crippen LogP contribution in [0, 0.1) is 0 Å². The molecule has 0 aliphatic rings. The zero-order valence-electron chi connectivity index (χ0n) is 10.7. The highest BCUT2D eigenvalue weighted by Gasteiger charge is 2.11. The van der Waals surface area contributed by atoms with E-state index in [0.717, 1.165) is 24.1 Å². The lowest BCUT2D eigenvalue weighted by Gasteiger charge is -2.14. The molecule has 0 aliphatic carbocycles. The Morgan fingerprint density at radius 2 is 2.24 bits per heavy atom. The number of hydrogen-bond donors (Lipinski definition) is 1. The Morgan fingerprint density at radius 1 is 1.53 bits per heavy atom. The first-order valence-corrected chi connectivity index (χ1v) is 6.70. The van der Waals surface area contributed by atoms with Crippen LogP contribution >= 0.6 is 15.9 Å². The van der Waals surface area contributed by atoms with E-state index in [0.29, 0.717) is 12.2 Å². The largest absolute Gasteiger partial charge is 0.349 e. The molecular weight excluding hydrogens is 282 g/mol. The molecule has 0 spiro atoms. The molecule has 1 aromatic rings. The molecule has 0 aliphatic heterocycles. The summed E-state index contributed by atoms with van der Waals surface area (Å²) in [5.41, 5.74) is 0.707. The van der Waals surface area contributed by atoms with Crippen LogP contribution in [0.4, 0.5) is 0 Å². The minimum Gasteiger partial charge on any atom is -0.349 e. The Hall–Kier alpha value is -0.810. The van der Waals surface area contributed by atoms with Crippen molar-refractivity contribution in [3.05, 3.63) is 22.4 Å². The van der Waals surface area contributed by atoms with Gasteiger partial charge in [0.2, 0.25) is 0 Å². The molecule has 0 bridgehead atoms. The van der Waals surface area contributed by atoms with Crippen molar-refractivity contribution in [2.24, 2.45) is 0 Å². The van der Waals surface area contributed by atoms with Crippen molar-refractivity contribution in [1.29, 1.82) is 0 Å². The van der Waals surface area contributed by atoms with E-state index in [1.807, 2.05) is 30.8 Å². The highest BCUT2D eigenvalue weighted by atomic mass is 79.9. The summed E-state index contributed by atoms with van der Waals surface area (Å²) in [5.74, 6) is -0.0120. The van der Waals surface area contributed by atoms with E-state index in [4.69, 9.17) is 0 Å². The van der Waals surface area contributed by atoms with Crippen molar-refractivity contribution in [2.45, 2.75) is 20.4 Å². The number of carbonyl (C=O) groups excluding carboxylic acids is 1. The molecule has 1 amide bonds. The molecule has 1 N–H and O–H groups in total. The van der Waals surface area contributed by atoms with Crippen LogP contribution in [0.25, 0.3) is 0 Å². The zero-order chi connectivity index (χ0) is 12.8. The topological polar surface area (TPSA) is 37.3 Å². The average Bonchev–Trinajstić information content (AvgIpc) is 2.70. The van der Waals surface area contributed by atoms with Crippen LogP contribution in [-0.4, -0.2) is 42.1 Å². The summed E-state index contributed by atoms with van der Waals surface area (Å²) in [5, 5.41) is 2.93. The number of nitrogens with one attached hydrogen (secondary N) is 1. The van der Waals surface area contributed by atoms with E-state index >= 15 is 0 Å². The fraction of sp³-hybridized carbons (Fsp3) is 0.583. The van der Waals surface area contributed by atoms with Crippen LogP contribution in [0.1, 0.15) is 24.3 Å². The predicted molar refractivity (Wildman–Crippen MR) is 73.3 cm³/mol. The minimum absolute atomic E-state index is 0.0120. The van der Waals surface area contributed by atoms with Crippen molar-refractivity contribution in [3.63, 3.8) is 0 Å². The highest BCUT2D eigenvalue weighted by molar-refractivity contribution is 9.10. The third-order valence-corrected chi connectivity index (χ3v) is 3.19. The molecule has 96 valence electrons. The van der Waals surface area contributed by atoms with Crippen LogP contribution in [0.5, 0.6) is 0 Å². The van der Waals surface area contributed by atoms with E-state index in [-0.39, 0.29) is 5.91 Å². The van der Waals surface area contributed by atoms with Gasteiger partial charge in [-0.25, -0.2) is 0 Å². The first-order valence-electron chi connectivity index (χ1n) is 5.90. The van der Waals surface area contributed by atoms with Crippen molar-refractivity contribution >= 4 is 21.8 Å². The fourth-order valence-electron chi connectivity index (χ4n) is 1.54. The number of nitrogens with zero attached hydrogens (tertiary/aromatic N) is 2. The van der Waals surface area contributed by atoms with Gasteiger partial charge in [0.25, 0.3) is 5.91 Å². The maximum Gasteiger partial charge on any atom is 0.267 e. The van der Waals surface area contributed by atoms with Gasteiger partial charge in [-0.2, -0.15) is 0 Å².